The molecule has 0 aliphatic carbocycles. The van der Waals surface area contributed by atoms with E-state index in [1.165, 1.54) is 23.9 Å². The summed E-state index contributed by atoms with van der Waals surface area (Å²) in [5, 5.41) is 0. The fourth-order valence-corrected chi connectivity index (χ4v) is 2.69. The van der Waals surface area contributed by atoms with Gasteiger partial charge in [-0.25, -0.2) is 4.39 Å². The molecule has 18 heavy (non-hydrogen) atoms. The standard InChI is InChI=1S/C14H20FNOS/c1-10(2)16(11(3)4)14(17)9-18-13-7-5-12(15)6-8-13/h5-8,10-11H,9H2,1-4H3. The molecule has 1 aromatic rings. The van der Waals surface area contributed by atoms with E-state index >= 15 is 0 Å². The van der Waals surface area contributed by atoms with E-state index in [-0.39, 0.29) is 23.8 Å². The van der Waals surface area contributed by atoms with Crippen molar-refractivity contribution in [3.05, 3.63) is 30.1 Å². The Labute approximate surface area is 113 Å². The third-order valence-electron chi connectivity index (χ3n) is 2.58. The Morgan fingerprint density at radius 1 is 1.17 bits per heavy atom. The van der Waals surface area contributed by atoms with Gasteiger partial charge in [-0.3, -0.25) is 4.79 Å². The van der Waals surface area contributed by atoms with Crippen LogP contribution in [0.5, 0.6) is 0 Å². The van der Waals surface area contributed by atoms with E-state index in [9.17, 15) is 9.18 Å². The van der Waals surface area contributed by atoms with Gasteiger partial charge in [0, 0.05) is 17.0 Å². The van der Waals surface area contributed by atoms with Crippen LogP contribution in [0, 0.1) is 5.82 Å². The number of benzene rings is 1. The summed E-state index contributed by atoms with van der Waals surface area (Å²) in [4.78, 5) is 14.9. The highest BCUT2D eigenvalue weighted by Crippen LogP contribution is 2.19. The minimum absolute atomic E-state index is 0.120. The van der Waals surface area contributed by atoms with E-state index in [1.807, 2.05) is 32.6 Å². The summed E-state index contributed by atoms with van der Waals surface area (Å²) in [5.74, 6) is 0.258. The minimum Gasteiger partial charge on any atom is -0.337 e. The van der Waals surface area contributed by atoms with Gasteiger partial charge < -0.3 is 4.90 Å². The SMILES string of the molecule is CC(C)N(C(=O)CSc1ccc(F)cc1)C(C)C. The topological polar surface area (TPSA) is 20.3 Å². The van der Waals surface area contributed by atoms with Gasteiger partial charge in [0.05, 0.1) is 5.75 Å². The Hall–Kier alpha value is -1.03. The molecule has 4 heteroatoms. The van der Waals surface area contributed by atoms with Crippen LogP contribution in [-0.4, -0.2) is 28.6 Å². The number of hydrogen-bond donors (Lipinski definition) is 0. The van der Waals surface area contributed by atoms with Gasteiger partial charge in [0.15, 0.2) is 0 Å². The molecule has 0 unspecified atom stereocenters. The fraction of sp³-hybridized carbons (Fsp3) is 0.500. The zero-order chi connectivity index (χ0) is 13.7. The number of thioether (sulfide) groups is 1. The lowest BCUT2D eigenvalue weighted by Crippen LogP contribution is -2.43. The van der Waals surface area contributed by atoms with Crippen LogP contribution in [0.3, 0.4) is 0 Å². The van der Waals surface area contributed by atoms with E-state index in [2.05, 4.69) is 0 Å². The van der Waals surface area contributed by atoms with Crippen molar-refractivity contribution in [3.63, 3.8) is 0 Å². The molecule has 0 N–H and O–H groups in total. The second kappa shape index (κ2) is 6.78. The first kappa shape index (κ1) is 15.0. The van der Waals surface area contributed by atoms with Crippen molar-refractivity contribution in [1.29, 1.82) is 0 Å². The molecule has 0 aromatic heterocycles. The summed E-state index contributed by atoms with van der Waals surface area (Å²) < 4.78 is 12.7. The molecule has 0 saturated carbocycles. The van der Waals surface area contributed by atoms with Gasteiger partial charge in [-0.1, -0.05) is 0 Å². The van der Waals surface area contributed by atoms with Crippen molar-refractivity contribution in [1.82, 2.24) is 4.90 Å². The summed E-state index contributed by atoms with van der Waals surface area (Å²) in [6, 6.07) is 6.62. The van der Waals surface area contributed by atoms with Gasteiger partial charge in [-0.05, 0) is 52.0 Å². The molecule has 0 bridgehead atoms. The molecule has 0 aliphatic heterocycles. The number of halogens is 1. The van der Waals surface area contributed by atoms with E-state index in [0.717, 1.165) is 4.90 Å². The molecule has 1 rings (SSSR count). The van der Waals surface area contributed by atoms with Gasteiger partial charge in [0.1, 0.15) is 5.82 Å². The normalized spacial score (nSPS) is 11.1. The van der Waals surface area contributed by atoms with E-state index in [0.29, 0.717) is 5.75 Å². The zero-order valence-corrected chi connectivity index (χ0v) is 12.1. The molecule has 0 aliphatic rings. The Kier molecular flexibility index (Phi) is 5.66. The fourth-order valence-electron chi connectivity index (χ4n) is 1.92. The highest BCUT2D eigenvalue weighted by atomic mass is 32.2. The van der Waals surface area contributed by atoms with Gasteiger partial charge in [-0.15, -0.1) is 11.8 Å². The van der Waals surface area contributed by atoms with Crippen molar-refractivity contribution in [2.75, 3.05) is 5.75 Å². The third kappa shape index (κ3) is 4.33. The number of amides is 1. The lowest BCUT2D eigenvalue weighted by atomic mass is 10.2. The molecular weight excluding hydrogens is 249 g/mol. The smallest absolute Gasteiger partial charge is 0.233 e. The molecule has 0 fully saturated rings. The highest BCUT2D eigenvalue weighted by molar-refractivity contribution is 8.00. The van der Waals surface area contributed by atoms with Gasteiger partial charge >= 0.3 is 0 Å². The largest absolute Gasteiger partial charge is 0.337 e. The maximum absolute atomic E-state index is 12.7. The van der Waals surface area contributed by atoms with E-state index < -0.39 is 0 Å². The first-order chi connectivity index (χ1) is 8.41. The Bertz CT molecular complexity index is 381. The lowest BCUT2D eigenvalue weighted by Gasteiger charge is -2.30. The van der Waals surface area contributed by atoms with Crippen LogP contribution in [0.2, 0.25) is 0 Å². The predicted octanol–water partition coefficient (Wildman–Crippen LogP) is 3.56. The van der Waals surface area contributed by atoms with Gasteiger partial charge in [0.25, 0.3) is 0 Å². The molecule has 100 valence electrons. The number of nitrogens with zero attached hydrogens (tertiary/aromatic N) is 1. The average Bonchev–Trinajstić information content (AvgIpc) is 2.27. The summed E-state index contributed by atoms with van der Waals surface area (Å²) in [7, 11) is 0. The van der Waals surface area contributed by atoms with Crippen molar-refractivity contribution < 1.29 is 9.18 Å². The molecule has 1 amide bonds. The maximum atomic E-state index is 12.7. The minimum atomic E-state index is -0.253. The number of carbonyl (C=O) groups is 1. The maximum Gasteiger partial charge on any atom is 0.233 e. The summed E-state index contributed by atoms with van der Waals surface area (Å²) in [6.45, 7) is 8.06. The Morgan fingerprint density at radius 3 is 2.11 bits per heavy atom. The number of rotatable bonds is 5. The summed E-state index contributed by atoms with van der Waals surface area (Å²) >= 11 is 1.44. The van der Waals surface area contributed by atoms with Crippen LogP contribution in [0.1, 0.15) is 27.7 Å². The first-order valence-corrected chi connectivity index (χ1v) is 7.10. The van der Waals surface area contributed by atoms with Gasteiger partial charge in [-0.2, -0.15) is 0 Å². The van der Waals surface area contributed by atoms with Crippen LogP contribution in [-0.2, 0) is 4.79 Å². The van der Waals surface area contributed by atoms with E-state index in [1.54, 1.807) is 12.1 Å². The first-order valence-electron chi connectivity index (χ1n) is 6.11. The van der Waals surface area contributed by atoms with Crippen LogP contribution < -0.4 is 0 Å². The Morgan fingerprint density at radius 2 is 1.67 bits per heavy atom. The number of carbonyl (C=O) groups excluding carboxylic acids is 1. The lowest BCUT2D eigenvalue weighted by molar-refractivity contribution is -0.131. The van der Waals surface area contributed by atoms with Crippen LogP contribution in [0.25, 0.3) is 0 Å². The molecular formula is C14H20FNOS. The monoisotopic (exact) mass is 269 g/mol. The second-order valence-corrected chi connectivity index (χ2v) is 5.78. The Balaban J connectivity index is 2.57. The second-order valence-electron chi connectivity index (χ2n) is 4.73. The highest BCUT2D eigenvalue weighted by Gasteiger charge is 2.19. The van der Waals surface area contributed by atoms with Crippen LogP contribution in [0.15, 0.2) is 29.2 Å². The molecule has 0 heterocycles. The summed E-state index contributed by atoms with van der Waals surface area (Å²) in [6.07, 6.45) is 0. The van der Waals surface area contributed by atoms with Gasteiger partial charge in [0.2, 0.25) is 5.91 Å². The van der Waals surface area contributed by atoms with Crippen molar-refractivity contribution in [2.24, 2.45) is 0 Å². The summed E-state index contributed by atoms with van der Waals surface area (Å²) in [5.41, 5.74) is 0. The third-order valence-corrected chi connectivity index (χ3v) is 3.57. The van der Waals surface area contributed by atoms with Crippen LogP contribution in [0.4, 0.5) is 4.39 Å². The number of hydrogen-bond acceptors (Lipinski definition) is 2. The van der Waals surface area contributed by atoms with Crippen LogP contribution >= 0.6 is 11.8 Å². The molecule has 0 atom stereocenters. The molecule has 0 saturated heterocycles. The molecule has 0 radical (unpaired) electrons. The zero-order valence-electron chi connectivity index (χ0n) is 11.3. The van der Waals surface area contributed by atoms with Crippen molar-refractivity contribution >= 4 is 17.7 Å². The molecule has 2 nitrogen and oxygen atoms in total. The van der Waals surface area contributed by atoms with E-state index in [4.69, 9.17) is 0 Å². The predicted molar refractivity (Wildman–Crippen MR) is 74.2 cm³/mol. The van der Waals surface area contributed by atoms with Crippen molar-refractivity contribution in [2.45, 2.75) is 44.7 Å². The van der Waals surface area contributed by atoms with Crippen molar-refractivity contribution in [3.8, 4) is 0 Å². The molecule has 1 aromatic carbocycles. The quantitative estimate of drug-likeness (QED) is 0.762. The average molecular weight is 269 g/mol. The molecule has 0 spiro atoms.